The molecule has 0 aliphatic carbocycles. The molecule has 1 aromatic carbocycles. The maximum absolute atomic E-state index is 12.6. The molecule has 0 amide bonds. The molecule has 17 heavy (non-hydrogen) atoms. The zero-order chi connectivity index (χ0) is 12.9. The summed E-state index contributed by atoms with van der Waals surface area (Å²) in [5.41, 5.74) is 3.59. The van der Waals surface area contributed by atoms with Gasteiger partial charge in [-0.3, -0.25) is 4.57 Å². The van der Waals surface area contributed by atoms with Gasteiger partial charge < -0.3 is 9.05 Å². The third-order valence-corrected chi connectivity index (χ3v) is 5.20. The molecule has 0 aromatic heterocycles. The molecule has 0 bridgehead atoms. The molecule has 7 heteroatoms. The standard InChI is InChI=1S/C10H17N2O3PS/c1-10(11-12-17,16(13,14-2)15-3)9-7-5-4-6-8-9/h4-8,11-12,17H,1-3H3/t10-/m1/s1. The Morgan fingerprint density at radius 1 is 1.24 bits per heavy atom. The molecular formula is C10H17N2O3PS. The van der Waals surface area contributed by atoms with Gasteiger partial charge in [-0.2, -0.15) is 0 Å². The van der Waals surface area contributed by atoms with Crippen LogP contribution in [0.25, 0.3) is 0 Å². The van der Waals surface area contributed by atoms with E-state index < -0.39 is 12.9 Å². The molecule has 1 aromatic rings. The summed E-state index contributed by atoms with van der Waals surface area (Å²) in [4.78, 5) is 2.49. The Hall–Kier alpha value is -0.360. The minimum absolute atomic E-state index is 0.772. The van der Waals surface area contributed by atoms with E-state index in [1.807, 2.05) is 30.3 Å². The fourth-order valence-corrected chi connectivity index (χ4v) is 3.46. The van der Waals surface area contributed by atoms with Crippen molar-refractivity contribution in [2.75, 3.05) is 14.2 Å². The van der Waals surface area contributed by atoms with Crippen LogP contribution in [0.3, 0.4) is 0 Å². The first-order valence-corrected chi connectivity index (χ1v) is 6.96. The number of hydrogen-bond acceptors (Lipinski definition) is 6. The Balaban J connectivity index is 3.27. The van der Waals surface area contributed by atoms with Crippen LogP contribution >= 0.6 is 20.4 Å². The topological polar surface area (TPSA) is 59.6 Å². The minimum atomic E-state index is -3.36. The van der Waals surface area contributed by atoms with Gasteiger partial charge in [0.1, 0.15) is 0 Å². The van der Waals surface area contributed by atoms with Crippen molar-refractivity contribution < 1.29 is 13.6 Å². The molecule has 2 N–H and O–H groups in total. The molecule has 0 aliphatic rings. The van der Waals surface area contributed by atoms with Gasteiger partial charge in [0.25, 0.3) is 0 Å². The van der Waals surface area contributed by atoms with Crippen LogP contribution in [0.15, 0.2) is 30.3 Å². The average molecular weight is 276 g/mol. The molecule has 0 fully saturated rings. The van der Waals surface area contributed by atoms with Crippen molar-refractivity contribution in [1.29, 1.82) is 0 Å². The van der Waals surface area contributed by atoms with Gasteiger partial charge in [0, 0.05) is 14.2 Å². The maximum atomic E-state index is 12.6. The van der Waals surface area contributed by atoms with E-state index in [4.69, 9.17) is 9.05 Å². The van der Waals surface area contributed by atoms with Crippen LogP contribution < -0.4 is 10.3 Å². The lowest BCUT2D eigenvalue weighted by molar-refractivity contribution is 0.233. The second-order valence-electron chi connectivity index (χ2n) is 3.54. The predicted molar refractivity (Wildman–Crippen MR) is 70.7 cm³/mol. The third kappa shape index (κ3) is 2.73. The van der Waals surface area contributed by atoms with Crippen LogP contribution in [0.1, 0.15) is 12.5 Å². The molecule has 0 aliphatic heterocycles. The highest BCUT2D eigenvalue weighted by Gasteiger charge is 2.47. The van der Waals surface area contributed by atoms with Crippen LogP contribution in [0.5, 0.6) is 0 Å². The van der Waals surface area contributed by atoms with Crippen LogP contribution in [-0.4, -0.2) is 14.2 Å². The first-order valence-electron chi connectivity index (χ1n) is 4.97. The van der Waals surface area contributed by atoms with E-state index in [9.17, 15) is 4.57 Å². The van der Waals surface area contributed by atoms with Crippen LogP contribution in [0.2, 0.25) is 0 Å². The first-order chi connectivity index (χ1) is 8.04. The molecule has 1 atom stereocenters. The lowest BCUT2D eigenvalue weighted by Crippen LogP contribution is -2.44. The van der Waals surface area contributed by atoms with E-state index in [-0.39, 0.29) is 0 Å². The molecule has 0 saturated heterocycles. The zero-order valence-corrected chi connectivity index (χ0v) is 11.8. The normalized spacial score (nSPS) is 15.5. The highest BCUT2D eigenvalue weighted by molar-refractivity contribution is 7.78. The summed E-state index contributed by atoms with van der Waals surface area (Å²) in [6.45, 7) is 1.72. The van der Waals surface area contributed by atoms with Crippen molar-refractivity contribution in [3.8, 4) is 0 Å². The molecule has 1 rings (SSSR count). The smallest absolute Gasteiger partial charge is 0.310 e. The predicted octanol–water partition coefficient (Wildman–Crippen LogP) is 2.28. The number of nitrogens with one attached hydrogen (secondary N) is 2. The molecule has 0 saturated carbocycles. The quantitative estimate of drug-likeness (QED) is 0.423. The molecule has 5 nitrogen and oxygen atoms in total. The van der Waals surface area contributed by atoms with Crippen molar-refractivity contribution in [2.24, 2.45) is 0 Å². The van der Waals surface area contributed by atoms with Crippen molar-refractivity contribution in [1.82, 2.24) is 10.3 Å². The third-order valence-electron chi connectivity index (χ3n) is 2.66. The molecule has 0 unspecified atom stereocenters. The van der Waals surface area contributed by atoms with Gasteiger partial charge in [-0.25, -0.2) is 10.3 Å². The van der Waals surface area contributed by atoms with E-state index in [1.54, 1.807) is 6.92 Å². The number of benzene rings is 1. The van der Waals surface area contributed by atoms with Gasteiger partial charge in [-0.1, -0.05) is 43.1 Å². The Kier molecular flexibility index (Phi) is 5.19. The highest BCUT2D eigenvalue weighted by Crippen LogP contribution is 2.62. The maximum Gasteiger partial charge on any atom is 0.355 e. The van der Waals surface area contributed by atoms with Crippen molar-refractivity contribution in [3.05, 3.63) is 35.9 Å². The summed E-state index contributed by atoms with van der Waals surface area (Å²) in [7, 11) is -0.658. The minimum Gasteiger partial charge on any atom is -0.310 e. The van der Waals surface area contributed by atoms with Gasteiger partial charge in [0.15, 0.2) is 5.28 Å². The molecular weight excluding hydrogens is 259 g/mol. The summed E-state index contributed by atoms with van der Waals surface area (Å²) in [5, 5.41) is -1.03. The summed E-state index contributed by atoms with van der Waals surface area (Å²) in [5.74, 6) is 0. The first kappa shape index (κ1) is 14.7. The second kappa shape index (κ2) is 6.00. The fraction of sp³-hybridized carbons (Fsp3) is 0.400. The summed E-state index contributed by atoms with van der Waals surface area (Å²) in [6, 6.07) is 9.25. The summed E-state index contributed by atoms with van der Waals surface area (Å²) >= 11 is 3.88. The summed E-state index contributed by atoms with van der Waals surface area (Å²) in [6.07, 6.45) is 0. The van der Waals surface area contributed by atoms with E-state index in [0.717, 1.165) is 5.56 Å². The van der Waals surface area contributed by atoms with Gasteiger partial charge in [0.05, 0.1) is 0 Å². The monoisotopic (exact) mass is 276 g/mol. The number of rotatable bonds is 6. The lowest BCUT2D eigenvalue weighted by atomic mass is 10.1. The van der Waals surface area contributed by atoms with Gasteiger partial charge >= 0.3 is 7.60 Å². The van der Waals surface area contributed by atoms with Crippen molar-refractivity contribution in [2.45, 2.75) is 12.2 Å². The Morgan fingerprint density at radius 3 is 2.18 bits per heavy atom. The van der Waals surface area contributed by atoms with E-state index in [2.05, 4.69) is 23.1 Å². The van der Waals surface area contributed by atoms with Crippen molar-refractivity contribution >= 4 is 20.4 Å². The molecule has 96 valence electrons. The van der Waals surface area contributed by atoms with E-state index in [1.165, 1.54) is 14.2 Å². The Morgan fingerprint density at radius 2 is 1.76 bits per heavy atom. The summed E-state index contributed by atoms with van der Waals surface area (Å²) < 4.78 is 22.7. The Labute approximate surface area is 107 Å². The van der Waals surface area contributed by atoms with E-state index >= 15 is 0 Å². The van der Waals surface area contributed by atoms with Gasteiger partial charge in [-0.05, 0) is 12.5 Å². The van der Waals surface area contributed by atoms with Crippen LogP contribution in [0.4, 0.5) is 0 Å². The Bertz CT molecular complexity index is 396. The highest BCUT2D eigenvalue weighted by atomic mass is 32.1. The lowest BCUT2D eigenvalue weighted by Gasteiger charge is -2.35. The van der Waals surface area contributed by atoms with Gasteiger partial charge in [0.2, 0.25) is 0 Å². The average Bonchev–Trinajstić information content (AvgIpc) is 2.38. The molecule has 0 spiro atoms. The fourth-order valence-electron chi connectivity index (χ4n) is 1.61. The van der Waals surface area contributed by atoms with Crippen molar-refractivity contribution in [3.63, 3.8) is 0 Å². The molecule has 0 radical (unpaired) electrons. The number of hydrogen-bond donors (Lipinski definition) is 3. The second-order valence-corrected chi connectivity index (χ2v) is 6.38. The SMILES string of the molecule is COP(=O)(OC)[C@@](C)(NNS)c1ccccc1. The van der Waals surface area contributed by atoms with Crippen LogP contribution in [-0.2, 0) is 18.9 Å². The number of thiol groups is 1. The van der Waals surface area contributed by atoms with Crippen LogP contribution in [0, 0.1) is 0 Å². The molecule has 0 heterocycles. The zero-order valence-electron chi connectivity index (χ0n) is 10.0. The van der Waals surface area contributed by atoms with E-state index in [0.29, 0.717) is 0 Å². The number of hydrazine groups is 1. The largest absolute Gasteiger partial charge is 0.355 e. The van der Waals surface area contributed by atoms with Gasteiger partial charge in [-0.15, -0.1) is 0 Å².